The molecule has 0 aromatic rings. The smallest absolute Gasteiger partial charge is 0.241 e. The van der Waals surface area contributed by atoms with E-state index in [0.717, 1.165) is 0 Å². The molecule has 0 heterocycles. The van der Waals surface area contributed by atoms with Crippen LogP contribution in [0.2, 0.25) is 19.6 Å². The summed E-state index contributed by atoms with van der Waals surface area (Å²) in [6, 6.07) is 1.65. The van der Waals surface area contributed by atoms with Crippen molar-refractivity contribution in [3.05, 3.63) is 11.8 Å². The molecule has 0 unspecified atom stereocenters. The van der Waals surface area contributed by atoms with Crippen LogP contribution in [-0.4, -0.2) is 8.32 Å². The maximum absolute atomic E-state index is 8.34. The van der Waals surface area contributed by atoms with Gasteiger partial charge in [0.1, 0.15) is 0 Å². The molecule has 10 heavy (non-hydrogen) atoms. The molecule has 56 valence electrons. The molecule has 3 heteroatoms. The van der Waals surface area contributed by atoms with E-state index < -0.39 is 8.32 Å². The second kappa shape index (κ2) is 3.42. The van der Waals surface area contributed by atoms with Crippen LogP contribution in [0.25, 0.3) is 0 Å². The standard InChI is InChI=1S/C7H13NOSi/c1-7(5-6-8)9-10(2,3)4/h5H,1-4H3/b7-5-/i5D. The molecule has 2 nitrogen and oxygen atoms in total. The SMILES string of the molecule is [2H]/C(C#N)=C(\C)O[Si](C)(C)C. The topological polar surface area (TPSA) is 33.0 Å². The van der Waals surface area contributed by atoms with Gasteiger partial charge in [0.25, 0.3) is 0 Å². The van der Waals surface area contributed by atoms with Crippen LogP contribution in [0.3, 0.4) is 0 Å². The van der Waals surface area contributed by atoms with E-state index >= 15 is 0 Å². The molecule has 0 bridgehead atoms. The van der Waals surface area contributed by atoms with Crippen molar-refractivity contribution in [1.29, 1.82) is 5.26 Å². The highest BCUT2D eigenvalue weighted by atomic mass is 28.4. The van der Waals surface area contributed by atoms with Gasteiger partial charge < -0.3 is 4.43 Å². The van der Waals surface area contributed by atoms with E-state index in [1.54, 1.807) is 13.0 Å². The van der Waals surface area contributed by atoms with Gasteiger partial charge >= 0.3 is 0 Å². The summed E-state index contributed by atoms with van der Waals surface area (Å²) >= 11 is 0. The van der Waals surface area contributed by atoms with Crippen molar-refractivity contribution >= 4 is 8.32 Å². The summed E-state index contributed by atoms with van der Waals surface area (Å²) in [4.78, 5) is 0. The lowest BCUT2D eigenvalue weighted by molar-refractivity contribution is 0.425. The average Bonchev–Trinajstić information content (AvgIpc) is 1.82. The van der Waals surface area contributed by atoms with Gasteiger partial charge in [0.15, 0.2) is 0 Å². The molecule has 0 fully saturated rings. The van der Waals surface area contributed by atoms with Gasteiger partial charge in [-0.3, -0.25) is 0 Å². The van der Waals surface area contributed by atoms with Gasteiger partial charge in [0, 0.05) is 0 Å². The zero-order valence-electron chi connectivity index (χ0n) is 7.86. The second-order valence-corrected chi connectivity index (χ2v) is 7.44. The van der Waals surface area contributed by atoms with Crippen molar-refractivity contribution in [3.8, 4) is 6.07 Å². The van der Waals surface area contributed by atoms with Crippen molar-refractivity contribution < 1.29 is 5.80 Å². The summed E-state index contributed by atoms with van der Waals surface area (Å²) in [6.07, 6.45) is 0. The van der Waals surface area contributed by atoms with Crippen LogP contribution in [-0.2, 0) is 4.43 Å². The average molecular weight is 156 g/mol. The van der Waals surface area contributed by atoms with Crippen LogP contribution in [0.1, 0.15) is 8.29 Å². The fourth-order valence-electron chi connectivity index (χ4n) is 0.564. The molecule has 0 aromatic heterocycles. The summed E-state index contributed by atoms with van der Waals surface area (Å²) in [5.74, 6) is 0.437. The second-order valence-electron chi connectivity index (χ2n) is 3.01. The third kappa shape index (κ3) is 5.38. The largest absolute Gasteiger partial charge is 0.547 e. The monoisotopic (exact) mass is 156 g/mol. The molecule has 0 aliphatic rings. The third-order valence-corrected chi connectivity index (χ3v) is 1.61. The Morgan fingerprint density at radius 2 is 2.20 bits per heavy atom. The molecular formula is C7H13NOSi. The zero-order chi connectivity index (χ0) is 9.07. The number of allylic oxidation sites excluding steroid dienone is 2. The van der Waals surface area contributed by atoms with Crippen molar-refractivity contribution in [1.82, 2.24) is 0 Å². The van der Waals surface area contributed by atoms with Gasteiger partial charge in [-0.15, -0.1) is 0 Å². The van der Waals surface area contributed by atoms with Gasteiger partial charge in [0.05, 0.1) is 19.3 Å². The predicted molar refractivity (Wildman–Crippen MR) is 43.8 cm³/mol. The summed E-state index contributed by atoms with van der Waals surface area (Å²) in [5.41, 5.74) is 0. The van der Waals surface area contributed by atoms with Crippen LogP contribution >= 0.6 is 0 Å². The Bertz CT molecular complexity index is 211. The minimum atomic E-state index is -1.63. The molecule has 0 radical (unpaired) electrons. The first kappa shape index (κ1) is 7.36. The van der Waals surface area contributed by atoms with Gasteiger partial charge in [0.2, 0.25) is 8.32 Å². The van der Waals surface area contributed by atoms with E-state index in [-0.39, 0.29) is 6.05 Å². The molecule has 0 saturated carbocycles. The fraction of sp³-hybridized carbons (Fsp3) is 0.571. The highest BCUT2D eigenvalue weighted by molar-refractivity contribution is 6.70. The van der Waals surface area contributed by atoms with Gasteiger partial charge in [-0.1, -0.05) is 0 Å². The minimum absolute atomic E-state index is 0.0765. The Labute approximate surface area is 64.7 Å². The molecular weight excluding hydrogens is 142 g/mol. The summed E-state index contributed by atoms with van der Waals surface area (Å²) in [5, 5.41) is 8.34. The van der Waals surface area contributed by atoms with E-state index in [4.69, 9.17) is 11.1 Å². The van der Waals surface area contributed by atoms with Crippen LogP contribution in [0.15, 0.2) is 11.8 Å². The number of rotatable bonds is 2. The molecule has 0 aromatic carbocycles. The summed E-state index contributed by atoms with van der Waals surface area (Å²) in [7, 11) is -1.63. The van der Waals surface area contributed by atoms with E-state index in [2.05, 4.69) is 0 Å². The number of hydrogen-bond donors (Lipinski definition) is 0. The molecule has 0 amide bonds. The van der Waals surface area contributed by atoms with Gasteiger partial charge in [-0.25, -0.2) is 0 Å². The Morgan fingerprint density at radius 1 is 1.70 bits per heavy atom. The summed E-state index contributed by atoms with van der Waals surface area (Å²) in [6.45, 7) is 7.70. The lowest BCUT2D eigenvalue weighted by atomic mass is 10.5. The van der Waals surface area contributed by atoms with Gasteiger partial charge in [-0.05, 0) is 26.6 Å². The predicted octanol–water partition coefficient (Wildman–Crippen LogP) is 2.27. The first-order valence-corrected chi connectivity index (χ1v) is 6.54. The maximum Gasteiger partial charge on any atom is 0.241 e. The fourth-order valence-corrected chi connectivity index (χ4v) is 1.53. The maximum atomic E-state index is 8.34. The molecule has 0 saturated heterocycles. The quantitative estimate of drug-likeness (QED) is 0.349. The lowest BCUT2D eigenvalue weighted by Gasteiger charge is -2.18. The Hall–Kier alpha value is -0.753. The van der Waals surface area contributed by atoms with E-state index in [1.807, 2.05) is 19.6 Å². The minimum Gasteiger partial charge on any atom is -0.547 e. The van der Waals surface area contributed by atoms with Crippen LogP contribution < -0.4 is 0 Å². The summed E-state index contributed by atoms with van der Waals surface area (Å²) < 4.78 is 12.5. The first-order chi connectivity index (χ1) is 4.87. The number of nitrogens with zero attached hydrogens (tertiary/aromatic N) is 1. The van der Waals surface area contributed by atoms with E-state index in [1.165, 1.54) is 0 Å². The zero-order valence-corrected chi connectivity index (χ0v) is 7.86. The van der Waals surface area contributed by atoms with Crippen LogP contribution in [0.4, 0.5) is 0 Å². The molecule has 0 rings (SSSR count). The first-order valence-electron chi connectivity index (χ1n) is 3.63. The van der Waals surface area contributed by atoms with E-state index in [9.17, 15) is 0 Å². The highest BCUT2D eigenvalue weighted by Gasteiger charge is 2.15. The Morgan fingerprint density at radius 3 is 2.50 bits per heavy atom. The van der Waals surface area contributed by atoms with Crippen molar-refractivity contribution in [2.75, 3.05) is 0 Å². The molecule has 0 spiro atoms. The van der Waals surface area contributed by atoms with Crippen molar-refractivity contribution in [2.24, 2.45) is 0 Å². The van der Waals surface area contributed by atoms with Crippen molar-refractivity contribution in [3.63, 3.8) is 0 Å². The molecule has 0 aliphatic heterocycles. The number of hydrogen-bond acceptors (Lipinski definition) is 2. The Balaban J connectivity index is 4.32. The van der Waals surface area contributed by atoms with Crippen molar-refractivity contribution in [2.45, 2.75) is 26.6 Å². The molecule has 0 aliphatic carbocycles. The third-order valence-electron chi connectivity index (χ3n) is 0.691. The number of nitriles is 1. The normalized spacial score (nSPS) is 14.9. The molecule has 0 N–H and O–H groups in total. The van der Waals surface area contributed by atoms with E-state index in [0.29, 0.717) is 5.76 Å². The Kier molecular flexibility index (Phi) is 2.52. The van der Waals surface area contributed by atoms with Gasteiger partial charge in [-0.2, -0.15) is 5.26 Å². The van der Waals surface area contributed by atoms with Crippen LogP contribution in [0, 0.1) is 11.3 Å². The lowest BCUT2D eigenvalue weighted by Crippen LogP contribution is -2.23. The van der Waals surface area contributed by atoms with Crippen LogP contribution in [0.5, 0.6) is 0 Å². The molecule has 0 atom stereocenters. The highest BCUT2D eigenvalue weighted by Crippen LogP contribution is 2.08.